The van der Waals surface area contributed by atoms with Crippen LogP contribution in [0.2, 0.25) is 0 Å². The Morgan fingerprint density at radius 3 is 3.04 bits per heavy atom. The summed E-state index contributed by atoms with van der Waals surface area (Å²) in [4.78, 5) is 20.8. The molecule has 1 fully saturated rings. The number of fused-ring (bicyclic) bond motifs is 3. The van der Waals surface area contributed by atoms with Gasteiger partial charge in [0.1, 0.15) is 0 Å². The van der Waals surface area contributed by atoms with E-state index in [0.717, 1.165) is 54.9 Å². The Kier molecular flexibility index (Phi) is 4.37. The van der Waals surface area contributed by atoms with Crippen LogP contribution in [0.5, 0.6) is 0 Å². The number of hydrogen-bond acceptors (Lipinski definition) is 5. The Morgan fingerprint density at radius 2 is 2.24 bits per heavy atom. The second-order valence-electron chi connectivity index (χ2n) is 7.02. The summed E-state index contributed by atoms with van der Waals surface area (Å²) in [7, 11) is 5.57. The van der Waals surface area contributed by atoms with Crippen molar-refractivity contribution in [3.8, 4) is 11.3 Å². The van der Waals surface area contributed by atoms with Gasteiger partial charge in [0.05, 0.1) is 18.0 Å². The van der Waals surface area contributed by atoms with Crippen molar-refractivity contribution in [2.75, 3.05) is 19.1 Å². The maximum Gasteiger partial charge on any atom is 0.231 e. The number of ether oxygens (including phenoxy) is 1. The summed E-state index contributed by atoms with van der Waals surface area (Å²) in [6, 6.07) is 0. The van der Waals surface area contributed by atoms with E-state index < -0.39 is 0 Å². The summed E-state index contributed by atoms with van der Waals surface area (Å²) in [6.45, 7) is 0. The molecule has 0 aromatic carbocycles. The minimum Gasteiger partial charge on any atom is -0.381 e. The lowest BCUT2D eigenvalue weighted by atomic mass is 9.86. The fourth-order valence-electron chi connectivity index (χ4n) is 4.00. The third kappa shape index (κ3) is 2.89. The molecular formula is C18H24N4O2S. The van der Waals surface area contributed by atoms with Crippen LogP contribution < -0.4 is 4.90 Å². The van der Waals surface area contributed by atoms with E-state index in [-0.39, 0.29) is 17.9 Å². The van der Waals surface area contributed by atoms with Crippen LogP contribution >= 0.6 is 11.3 Å². The van der Waals surface area contributed by atoms with Crippen LogP contribution in [-0.2, 0) is 29.4 Å². The molecule has 4 rings (SSSR count). The van der Waals surface area contributed by atoms with Gasteiger partial charge in [0, 0.05) is 43.3 Å². The second-order valence-corrected chi connectivity index (χ2v) is 8.08. The highest BCUT2D eigenvalue weighted by Gasteiger charge is 2.32. The Morgan fingerprint density at radius 1 is 1.40 bits per heavy atom. The molecule has 0 radical (unpaired) electrons. The van der Waals surface area contributed by atoms with Crippen molar-refractivity contribution >= 4 is 22.4 Å². The van der Waals surface area contributed by atoms with Crippen molar-refractivity contribution in [2.45, 2.75) is 44.6 Å². The number of aryl methyl sites for hydroxylation is 2. The standard InChI is InChI=1S/C18H24N4O2S/c1-21(17(23)11-5-4-6-12(9-11)24-3)18-20-16-13-10-19-22(2)14(13)7-8-15(16)25-18/h10-12H,4-9H2,1-3H3. The molecule has 0 bridgehead atoms. The van der Waals surface area contributed by atoms with Gasteiger partial charge < -0.3 is 4.74 Å². The first-order valence-corrected chi connectivity index (χ1v) is 9.71. The monoisotopic (exact) mass is 360 g/mol. The van der Waals surface area contributed by atoms with Crippen LogP contribution in [0.1, 0.15) is 36.3 Å². The molecule has 0 aliphatic heterocycles. The Balaban J connectivity index is 1.57. The normalized spacial score (nSPS) is 22.4. The highest BCUT2D eigenvalue weighted by molar-refractivity contribution is 7.16. The number of nitrogens with zero attached hydrogens (tertiary/aromatic N) is 4. The summed E-state index contributed by atoms with van der Waals surface area (Å²) in [5.41, 5.74) is 3.35. The Hall–Kier alpha value is -1.73. The summed E-state index contributed by atoms with van der Waals surface area (Å²) in [5, 5.41) is 5.16. The maximum absolute atomic E-state index is 12.9. The SMILES string of the molecule is COC1CCCC(C(=O)N(C)c2nc3c(s2)CCc2c-3cnn2C)C1. The molecular weight excluding hydrogens is 336 g/mol. The first kappa shape index (κ1) is 16.7. The Bertz CT molecular complexity index is 797. The molecule has 1 saturated carbocycles. The summed E-state index contributed by atoms with van der Waals surface area (Å²) in [6.07, 6.45) is 7.92. The summed E-state index contributed by atoms with van der Waals surface area (Å²) in [5.74, 6) is 0.206. The van der Waals surface area contributed by atoms with E-state index in [1.165, 1.54) is 10.6 Å². The van der Waals surface area contributed by atoms with E-state index in [2.05, 4.69) is 5.10 Å². The quantitative estimate of drug-likeness (QED) is 0.844. The van der Waals surface area contributed by atoms with E-state index in [4.69, 9.17) is 9.72 Å². The van der Waals surface area contributed by atoms with Crippen LogP contribution in [0.15, 0.2) is 6.20 Å². The smallest absolute Gasteiger partial charge is 0.231 e. The largest absolute Gasteiger partial charge is 0.381 e. The van der Waals surface area contributed by atoms with E-state index in [1.54, 1.807) is 23.3 Å². The zero-order valence-corrected chi connectivity index (χ0v) is 15.8. The van der Waals surface area contributed by atoms with Crippen LogP contribution in [-0.4, -0.2) is 40.9 Å². The van der Waals surface area contributed by atoms with Gasteiger partial charge in [-0.2, -0.15) is 5.10 Å². The van der Waals surface area contributed by atoms with Crippen molar-refractivity contribution in [1.82, 2.24) is 14.8 Å². The number of carbonyl (C=O) groups excluding carboxylic acids is 1. The molecule has 0 saturated heterocycles. The van der Waals surface area contributed by atoms with Crippen molar-refractivity contribution in [3.05, 3.63) is 16.8 Å². The Labute approximate surface area is 151 Å². The number of hydrogen-bond donors (Lipinski definition) is 0. The first-order valence-electron chi connectivity index (χ1n) is 8.89. The summed E-state index contributed by atoms with van der Waals surface area (Å²) < 4.78 is 7.40. The lowest BCUT2D eigenvalue weighted by Crippen LogP contribution is -2.37. The molecule has 2 aromatic rings. The van der Waals surface area contributed by atoms with Crippen molar-refractivity contribution in [1.29, 1.82) is 0 Å². The number of amides is 1. The van der Waals surface area contributed by atoms with Gasteiger partial charge >= 0.3 is 0 Å². The van der Waals surface area contributed by atoms with Gasteiger partial charge in [0.2, 0.25) is 5.91 Å². The zero-order valence-electron chi connectivity index (χ0n) is 15.0. The number of anilines is 1. The molecule has 2 aliphatic carbocycles. The van der Waals surface area contributed by atoms with Gasteiger partial charge in [-0.1, -0.05) is 6.42 Å². The molecule has 2 heterocycles. The summed E-state index contributed by atoms with van der Waals surface area (Å²) >= 11 is 1.64. The molecule has 7 heteroatoms. The molecule has 134 valence electrons. The molecule has 0 spiro atoms. The van der Waals surface area contributed by atoms with Gasteiger partial charge in [-0.25, -0.2) is 4.98 Å². The van der Waals surface area contributed by atoms with Crippen molar-refractivity contribution in [2.24, 2.45) is 13.0 Å². The first-order chi connectivity index (χ1) is 12.1. The minimum atomic E-state index is 0.0404. The predicted molar refractivity (Wildman–Crippen MR) is 97.9 cm³/mol. The average Bonchev–Trinajstić information content (AvgIpc) is 3.24. The lowest BCUT2D eigenvalue weighted by Gasteiger charge is -2.29. The van der Waals surface area contributed by atoms with E-state index in [1.807, 2.05) is 25.0 Å². The molecule has 2 unspecified atom stereocenters. The molecule has 2 aliphatic rings. The second kappa shape index (κ2) is 6.53. The van der Waals surface area contributed by atoms with Gasteiger partial charge in [-0.05, 0) is 32.1 Å². The van der Waals surface area contributed by atoms with E-state index in [0.29, 0.717) is 0 Å². The van der Waals surface area contributed by atoms with Crippen LogP contribution in [0.4, 0.5) is 5.13 Å². The number of methoxy groups -OCH3 is 1. The molecule has 2 aromatic heterocycles. The third-order valence-electron chi connectivity index (χ3n) is 5.52. The fourth-order valence-corrected chi connectivity index (χ4v) is 5.04. The number of rotatable bonds is 3. The van der Waals surface area contributed by atoms with Gasteiger partial charge in [0.15, 0.2) is 5.13 Å². The van der Waals surface area contributed by atoms with Crippen molar-refractivity contribution in [3.63, 3.8) is 0 Å². The molecule has 2 atom stereocenters. The number of thiazole rings is 1. The fraction of sp³-hybridized carbons (Fsp3) is 0.611. The molecule has 25 heavy (non-hydrogen) atoms. The number of aromatic nitrogens is 3. The number of carbonyl (C=O) groups is 1. The predicted octanol–water partition coefficient (Wildman–Crippen LogP) is 2.81. The maximum atomic E-state index is 12.9. The zero-order chi connectivity index (χ0) is 17.6. The van der Waals surface area contributed by atoms with E-state index >= 15 is 0 Å². The van der Waals surface area contributed by atoms with Crippen molar-refractivity contribution < 1.29 is 9.53 Å². The van der Waals surface area contributed by atoms with Crippen LogP contribution in [0.3, 0.4) is 0 Å². The van der Waals surface area contributed by atoms with Crippen LogP contribution in [0.25, 0.3) is 11.3 Å². The third-order valence-corrected chi connectivity index (χ3v) is 6.71. The molecule has 6 nitrogen and oxygen atoms in total. The highest BCUT2D eigenvalue weighted by Crippen LogP contribution is 2.39. The minimum absolute atomic E-state index is 0.0404. The lowest BCUT2D eigenvalue weighted by molar-refractivity contribution is -0.124. The van der Waals surface area contributed by atoms with Gasteiger partial charge in [-0.15, -0.1) is 11.3 Å². The molecule has 0 N–H and O–H groups in total. The average molecular weight is 360 g/mol. The highest BCUT2D eigenvalue weighted by atomic mass is 32.1. The van der Waals surface area contributed by atoms with E-state index in [9.17, 15) is 4.79 Å². The van der Waals surface area contributed by atoms with Gasteiger partial charge in [0.25, 0.3) is 0 Å². The topological polar surface area (TPSA) is 60.2 Å². The molecule has 1 amide bonds. The van der Waals surface area contributed by atoms with Crippen LogP contribution in [0, 0.1) is 5.92 Å². The van der Waals surface area contributed by atoms with Gasteiger partial charge in [-0.3, -0.25) is 14.4 Å².